The minimum atomic E-state index is -4.13. The summed E-state index contributed by atoms with van der Waals surface area (Å²) in [5.41, 5.74) is 5.49. The summed E-state index contributed by atoms with van der Waals surface area (Å²) in [5.74, 6) is 0.295. The van der Waals surface area contributed by atoms with Crippen molar-refractivity contribution in [3.05, 3.63) is 40.8 Å². The van der Waals surface area contributed by atoms with Crippen molar-refractivity contribution in [2.45, 2.75) is 32.6 Å². The van der Waals surface area contributed by atoms with Crippen molar-refractivity contribution < 1.29 is 13.0 Å². The van der Waals surface area contributed by atoms with Crippen LogP contribution in [0.15, 0.2) is 18.2 Å². The van der Waals surface area contributed by atoms with E-state index in [9.17, 15) is 13.0 Å². The Morgan fingerprint density at radius 2 is 2.13 bits per heavy atom. The third-order valence-corrected chi connectivity index (χ3v) is 5.07. The predicted molar refractivity (Wildman–Crippen MR) is 88.0 cm³/mol. The summed E-state index contributed by atoms with van der Waals surface area (Å²) in [6, 6.07) is 6.23. The number of aryl methyl sites for hydroxylation is 3. The van der Waals surface area contributed by atoms with Gasteiger partial charge in [0.2, 0.25) is 0 Å². The van der Waals surface area contributed by atoms with E-state index in [1.54, 1.807) is 0 Å². The maximum absolute atomic E-state index is 11.3. The van der Waals surface area contributed by atoms with E-state index in [1.807, 2.05) is 23.6 Å². The molecule has 0 spiro atoms. The Balaban J connectivity index is 2.00. The van der Waals surface area contributed by atoms with E-state index < -0.39 is 15.9 Å². The van der Waals surface area contributed by atoms with Crippen molar-refractivity contribution in [1.29, 1.82) is 0 Å². The largest absolute Gasteiger partial charge is 0.353 e. The Bertz CT molecular complexity index is 1040. The number of hydrogen-bond acceptors (Lipinski definition) is 3. The van der Waals surface area contributed by atoms with Crippen LogP contribution in [0.1, 0.15) is 22.6 Å². The molecule has 1 aromatic carbocycles. The quantitative estimate of drug-likeness (QED) is 0.707. The molecule has 3 aromatic rings. The van der Waals surface area contributed by atoms with Crippen molar-refractivity contribution in [2.75, 3.05) is 0 Å². The molecule has 0 saturated heterocycles. The van der Waals surface area contributed by atoms with Crippen molar-refractivity contribution in [3.63, 3.8) is 0 Å². The van der Waals surface area contributed by atoms with Gasteiger partial charge in [0.15, 0.2) is 0 Å². The maximum Gasteiger partial charge on any atom is 0.270 e. The molecule has 0 unspecified atom stereocenters. The Kier molecular flexibility index (Phi) is 2.95. The van der Waals surface area contributed by atoms with E-state index >= 15 is 0 Å². The molecule has 6 nitrogen and oxygen atoms in total. The molecule has 0 radical (unpaired) electrons. The molecule has 120 valence electrons. The molecule has 2 N–H and O–H groups in total. The normalized spacial score (nSPS) is 14.0. The maximum atomic E-state index is 11.3. The second kappa shape index (κ2) is 4.69. The van der Waals surface area contributed by atoms with Crippen LogP contribution in [0, 0.1) is 13.8 Å². The summed E-state index contributed by atoms with van der Waals surface area (Å²) < 4.78 is 33.9. The average Bonchev–Trinajstić information content (AvgIpc) is 2.95. The molecule has 7 heteroatoms. The number of hydrogen-bond donors (Lipinski definition) is 2. The number of imidazole rings is 1. The Labute approximate surface area is 133 Å². The third-order valence-electron chi connectivity index (χ3n) is 4.43. The number of aromatic amines is 1. The summed E-state index contributed by atoms with van der Waals surface area (Å²) in [6.07, 6.45) is 0.869. The first-order valence-electron chi connectivity index (χ1n) is 7.46. The van der Waals surface area contributed by atoms with Gasteiger partial charge in [-0.05, 0) is 38.0 Å². The molecule has 0 aliphatic carbocycles. The highest BCUT2D eigenvalue weighted by molar-refractivity contribution is 7.85. The van der Waals surface area contributed by atoms with Crippen LogP contribution in [0.25, 0.3) is 22.3 Å². The highest BCUT2D eigenvalue weighted by Crippen LogP contribution is 2.37. The number of fused-ring (bicyclic) bond motifs is 5. The van der Waals surface area contributed by atoms with E-state index in [0.717, 1.165) is 35.7 Å². The zero-order chi connectivity index (χ0) is 16.4. The molecule has 1 aliphatic heterocycles. The minimum Gasteiger partial charge on any atom is -0.353 e. The third kappa shape index (κ3) is 2.27. The van der Waals surface area contributed by atoms with Gasteiger partial charge in [-0.15, -0.1) is 0 Å². The van der Waals surface area contributed by atoms with Crippen LogP contribution in [0.2, 0.25) is 0 Å². The molecule has 0 bridgehead atoms. The van der Waals surface area contributed by atoms with Gasteiger partial charge in [-0.2, -0.15) is 8.42 Å². The second-order valence-electron chi connectivity index (χ2n) is 6.11. The first kappa shape index (κ1) is 14.5. The first-order valence-corrected chi connectivity index (χ1v) is 9.07. The monoisotopic (exact) mass is 331 g/mol. The van der Waals surface area contributed by atoms with Gasteiger partial charge in [-0.3, -0.25) is 4.55 Å². The predicted octanol–water partition coefficient (Wildman–Crippen LogP) is 2.59. The zero-order valence-corrected chi connectivity index (χ0v) is 13.7. The van der Waals surface area contributed by atoms with E-state index in [2.05, 4.69) is 23.0 Å². The SMILES string of the molecule is Cc1ccc2[nH]c3c(c2c1)CCn1c(C)nc(CS(=O)(=O)O)c1-3. The van der Waals surface area contributed by atoms with Crippen molar-refractivity contribution >= 4 is 21.0 Å². The van der Waals surface area contributed by atoms with Gasteiger partial charge >= 0.3 is 0 Å². The molecule has 0 saturated carbocycles. The van der Waals surface area contributed by atoms with Gasteiger partial charge in [0.05, 0.1) is 17.1 Å². The van der Waals surface area contributed by atoms with E-state index in [4.69, 9.17) is 0 Å². The van der Waals surface area contributed by atoms with Crippen LogP contribution in [0.3, 0.4) is 0 Å². The molecule has 2 aromatic heterocycles. The van der Waals surface area contributed by atoms with Gasteiger partial charge in [0.25, 0.3) is 10.1 Å². The molecular weight excluding hydrogens is 314 g/mol. The standard InChI is InChI=1S/C16H17N3O3S/c1-9-3-4-13-12(7-9)11-5-6-19-10(2)17-14(8-23(20,21)22)16(19)15(11)18-13/h3-4,7,18H,5-6,8H2,1-2H3,(H,20,21,22). The number of H-pyrrole nitrogens is 1. The van der Waals surface area contributed by atoms with Gasteiger partial charge in [-0.1, -0.05) is 11.6 Å². The van der Waals surface area contributed by atoms with Crippen molar-refractivity contribution in [2.24, 2.45) is 0 Å². The molecule has 23 heavy (non-hydrogen) atoms. The number of benzene rings is 1. The minimum absolute atomic E-state index is 0.397. The molecule has 3 heterocycles. The summed E-state index contributed by atoms with van der Waals surface area (Å²) in [4.78, 5) is 7.77. The van der Waals surface area contributed by atoms with Gasteiger partial charge in [0, 0.05) is 17.4 Å². The first-order chi connectivity index (χ1) is 10.8. The van der Waals surface area contributed by atoms with Crippen LogP contribution in [0.4, 0.5) is 0 Å². The fraction of sp³-hybridized carbons (Fsp3) is 0.312. The molecule has 1 aliphatic rings. The number of aromatic nitrogens is 3. The fourth-order valence-corrected chi connectivity index (χ4v) is 4.05. The topological polar surface area (TPSA) is 88.0 Å². The second-order valence-corrected chi connectivity index (χ2v) is 7.56. The van der Waals surface area contributed by atoms with Crippen LogP contribution >= 0.6 is 0 Å². The number of nitrogens with zero attached hydrogens (tertiary/aromatic N) is 2. The number of nitrogens with one attached hydrogen (secondary N) is 1. The summed E-state index contributed by atoms with van der Waals surface area (Å²) in [6.45, 7) is 4.67. The molecule has 0 fully saturated rings. The Morgan fingerprint density at radius 1 is 1.35 bits per heavy atom. The highest BCUT2D eigenvalue weighted by atomic mass is 32.2. The lowest BCUT2D eigenvalue weighted by molar-refractivity contribution is 0.481. The lowest BCUT2D eigenvalue weighted by Gasteiger charge is -2.17. The fourth-order valence-electron chi connectivity index (χ4n) is 3.50. The number of rotatable bonds is 2. The van der Waals surface area contributed by atoms with Crippen LogP contribution < -0.4 is 0 Å². The van der Waals surface area contributed by atoms with Gasteiger partial charge in [0.1, 0.15) is 11.6 Å². The zero-order valence-electron chi connectivity index (χ0n) is 12.9. The van der Waals surface area contributed by atoms with E-state index in [1.165, 1.54) is 16.5 Å². The summed E-state index contributed by atoms with van der Waals surface area (Å²) >= 11 is 0. The highest BCUT2D eigenvalue weighted by Gasteiger charge is 2.28. The lowest BCUT2D eigenvalue weighted by Crippen LogP contribution is -2.12. The van der Waals surface area contributed by atoms with Crippen LogP contribution in [-0.2, 0) is 28.8 Å². The van der Waals surface area contributed by atoms with Gasteiger partial charge in [-0.25, -0.2) is 4.98 Å². The van der Waals surface area contributed by atoms with Crippen molar-refractivity contribution in [1.82, 2.24) is 14.5 Å². The van der Waals surface area contributed by atoms with Crippen LogP contribution in [0.5, 0.6) is 0 Å². The summed E-state index contributed by atoms with van der Waals surface area (Å²) in [5, 5.41) is 1.17. The van der Waals surface area contributed by atoms with Crippen molar-refractivity contribution in [3.8, 4) is 11.4 Å². The van der Waals surface area contributed by atoms with E-state index in [-0.39, 0.29) is 0 Å². The molecular formula is C16H17N3O3S. The lowest BCUT2D eigenvalue weighted by atomic mass is 10.0. The Hall–Kier alpha value is -2.12. The van der Waals surface area contributed by atoms with E-state index in [0.29, 0.717) is 5.69 Å². The summed E-state index contributed by atoms with van der Waals surface area (Å²) in [7, 11) is -4.13. The molecule has 4 rings (SSSR count). The molecule has 0 atom stereocenters. The van der Waals surface area contributed by atoms with Crippen LogP contribution in [-0.4, -0.2) is 27.5 Å². The Morgan fingerprint density at radius 3 is 2.87 bits per heavy atom. The average molecular weight is 331 g/mol. The van der Waals surface area contributed by atoms with Gasteiger partial charge < -0.3 is 9.55 Å². The smallest absolute Gasteiger partial charge is 0.270 e. The molecule has 0 amide bonds.